The molecule has 1 aliphatic rings. The van der Waals surface area contributed by atoms with E-state index >= 15 is 0 Å². The van der Waals surface area contributed by atoms with Gasteiger partial charge in [-0.2, -0.15) is 4.31 Å². The predicted molar refractivity (Wildman–Crippen MR) is 90.8 cm³/mol. The molecule has 1 atom stereocenters. The largest absolute Gasteiger partial charge is 0.326 e. The number of amides is 1. The van der Waals surface area contributed by atoms with Crippen molar-refractivity contribution < 1.29 is 13.2 Å². The minimum Gasteiger partial charge on any atom is -0.326 e. The Kier molecular flexibility index (Phi) is 5.78. The number of nitrogens with zero attached hydrogens (tertiary/aromatic N) is 2. The molecule has 23 heavy (non-hydrogen) atoms. The van der Waals surface area contributed by atoms with Crippen molar-refractivity contribution in [1.29, 1.82) is 0 Å². The summed E-state index contributed by atoms with van der Waals surface area (Å²) in [5.41, 5.74) is 0.618. The second-order valence-electron chi connectivity index (χ2n) is 6.03. The lowest BCUT2D eigenvalue weighted by Gasteiger charge is -2.31. The summed E-state index contributed by atoms with van der Waals surface area (Å²) in [5, 5.41) is 2.80. The maximum Gasteiger partial charge on any atom is 0.243 e. The molecule has 2 rings (SSSR count). The monoisotopic (exact) mass is 339 g/mol. The van der Waals surface area contributed by atoms with E-state index in [9.17, 15) is 13.2 Å². The van der Waals surface area contributed by atoms with E-state index in [2.05, 4.69) is 10.2 Å². The molecule has 0 bridgehead atoms. The molecule has 1 aliphatic heterocycles. The molecule has 1 heterocycles. The maximum atomic E-state index is 12.6. The fourth-order valence-electron chi connectivity index (χ4n) is 2.34. The van der Waals surface area contributed by atoms with E-state index in [4.69, 9.17) is 0 Å². The molecule has 0 aromatic heterocycles. The van der Waals surface area contributed by atoms with Crippen LogP contribution >= 0.6 is 0 Å². The highest BCUT2D eigenvalue weighted by molar-refractivity contribution is 7.89. The number of benzene rings is 1. The minimum atomic E-state index is -3.46. The third-order valence-corrected chi connectivity index (χ3v) is 6.19. The van der Waals surface area contributed by atoms with Gasteiger partial charge in [0.15, 0.2) is 0 Å². The number of piperazine rings is 1. The van der Waals surface area contributed by atoms with E-state index in [1.807, 2.05) is 20.9 Å². The van der Waals surface area contributed by atoms with Gasteiger partial charge >= 0.3 is 0 Å². The van der Waals surface area contributed by atoms with Gasteiger partial charge in [0.2, 0.25) is 15.9 Å². The highest BCUT2D eigenvalue weighted by Gasteiger charge is 2.27. The molecule has 0 spiro atoms. The normalized spacial score (nSPS) is 18.6. The Morgan fingerprint density at radius 1 is 1.17 bits per heavy atom. The van der Waals surface area contributed by atoms with Crippen LogP contribution in [0.2, 0.25) is 0 Å². The summed E-state index contributed by atoms with van der Waals surface area (Å²) in [5.74, 6) is -0.120. The van der Waals surface area contributed by atoms with Crippen molar-refractivity contribution in [3.63, 3.8) is 0 Å². The lowest BCUT2D eigenvalue weighted by molar-refractivity contribution is -0.119. The van der Waals surface area contributed by atoms with Gasteiger partial charge in [-0.05, 0) is 37.7 Å². The quantitative estimate of drug-likeness (QED) is 0.885. The molecule has 0 radical (unpaired) electrons. The molecular weight excluding hydrogens is 314 g/mol. The molecule has 1 aromatic rings. The van der Waals surface area contributed by atoms with E-state index in [1.165, 1.54) is 4.31 Å². The van der Waals surface area contributed by atoms with E-state index in [0.29, 0.717) is 18.8 Å². The standard InChI is InChI=1S/C16H25N3O3S/c1-4-13(2)16(20)17-14-5-7-15(8-6-14)23(21,22)19-11-9-18(3)10-12-19/h5-8,13H,4,9-12H2,1-3H3,(H,17,20). The smallest absolute Gasteiger partial charge is 0.243 e. The molecule has 1 amide bonds. The zero-order chi connectivity index (χ0) is 17.0. The number of carbonyl (C=O) groups is 1. The van der Waals surface area contributed by atoms with Crippen molar-refractivity contribution in [3.8, 4) is 0 Å². The lowest BCUT2D eigenvalue weighted by Crippen LogP contribution is -2.46. The van der Waals surface area contributed by atoms with Crippen molar-refractivity contribution in [2.45, 2.75) is 25.2 Å². The molecule has 7 heteroatoms. The molecule has 1 fully saturated rings. The minimum absolute atomic E-state index is 0.0535. The Morgan fingerprint density at radius 3 is 2.26 bits per heavy atom. The SMILES string of the molecule is CCC(C)C(=O)Nc1ccc(S(=O)(=O)N2CCN(C)CC2)cc1. The Labute approximate surface area is 138 Å². The van der Waals surface area contributed by atoms with Crippen LogP contribution < -0.4 is 5.32 Å². The van der Waals surface area contributed by atoms with Crippen molar-refractivity contribution in [1.82, 2.24) is 9.21 Å². The van der Waals surface area contributed by atoms with E-state index in [1.54, 1.807) is 24.3 Å². The van der Waals surface area contributed by atoms with Crippen molar-refractivity contribution in [3.05, 3.63) is 24.3 Å². The first-order valence-electron chi connectivity index (χ1n) is 7.94. The van der Waals surface area contributed by atoms with Crippen LogP contribution in [0, 0.1) is 5.92 Å². The van der Waals surface area contributed by atoms with E-state index in [-0.39, 0.29) is 16.7 Å². The number of sulfonamides is 1. The van der Waals surface area contributed by atoms with Crippen LogP contribution in [0.1, 0.15) is 20.3 Å². The molecule has 0 aliphatic carbocycles. The number of nitrogens with one attached hydrogen (secondary N) is 1. The van der Waals surface area contributed by atoms with Crippen LogP contribution in [0.3, 0.4) is 0 Å². The molecule has 6 nitrogen and oxygen atoms in total. The first-order valence-corrected chi connectivity index (χ1v) is 9.38. The first-order chi connectivity index (χ1) is 10.8. The number of anilines is 1. The van der Waals surface area contributed by atoms with Crippen molar-refractivity contribution in [2.24, 2.45) is 5.92 Å². The van der Waals surface area contributed by atoms with Gasteiger partial charge in [-0.25, -0.2) is 8.42 Å². The Hall–Kier alpha value is -1.44. The van der Waals surface area contributed by atoms with Crippen LogP contribution in [0.15, 0.2) is 29.2 Å². The van der Waals surface area contributed by atoms with Gasteiger partial charge < -0.3 is 10.2 Å². The second kappa shape index (κ2) is 7.42. The fraction of sp³-hybridized carbons (Fsp3) is 0.562. The molecule has 1 N–H and O–H groups in total. The summed E-state index contributed by atoms with van der Waals surface area (Å²) < 4.78 is 26.7. The number of hydrogen-bond donors (Lipinski definition) is 1. The lowest BCUT2D eigenvalue weighted by atomic mass is 10.1. The second-order valence-corrected chi connectivity index (χ2v) is 7.97. The average molecular weight is 339 g/mol. The highest BCUT2D eigenvalue weighted by Crippen LogP contribution is 2.20. The summed E-state index contributed by atoms with van der Waals surface area (Å²) >= 11 is 0. The van der Waals surface area contributed by atoms with Gasteiger partial charge in [0.05, 0.1) is 4.90 Å². The van der Waals surface area contributed by atoms with Crippen LogP contribution in [-0.2, 0) is 14.8 Å². The van der Waals surface area contributed by atoms with Gasteiger partial charge in [0.1, 0.15) is 0 Å². The first kappa shape index (κ1) is 17.9. The van der Waals surface area contributed by atoms with Crippen LogP contribution in [-0.4, -0.2) is 56.8 Å². The zero-order valence-electron chi connectivity index (χ0n) is 13.9. The topological polar surface area (TPSA) is 69.7 Å². The van der Waals surface area contributed by atoms with Gasteiger partial charge in [-0.15, -0.1) is 0 Å². The third kappa shape index (κ3) is 4.31. The number of carbonyl (C=O) groups excluding carboxylic acids is 1. The Bertz CT molecular complexity index is 635. The average Bonchev–Trinajstić information content (AvgIpc) is 2.55. The third-order valence-electron chi connectivity index (χ3n) is 4.28. The summed E-state index contributed by atoms with van der Waals surface area (Å²) in [6, 6.07) is 6.40. The fourth-order valence-corrected chi connectivity index (χ4v) is 3.76. The molecular formula is C16H25N3O3S. The van der Waals surface area contributed by atoms with Gasteiger partial charge in [-0.3, -0.25) is 4.79 Å². The summed E-state index contributed by atoms with van der Waals surface area (Å²) in [7, 11) is -1.47. The molecule has 1 aromatic carbocycles. The predicted octanol–water partition coefficient (Wildman–Crippen LogP) is 1.61. The van der Waals surface area contributed by atoms with Gasteiger partial charge in [0, 0.05) is 37.8 Å². The van der Waals surface area contributed by atoms with Crippen LogP contribution in [0.4, 0.5) is 5.69 Å². The van der Waals surface area contributed by atoms with Crippen molar-refractivity contribution >= 4 is 21.6 Å². The Balaban J connectivity index is 2.08. The van der Waals surface area contributed by atoms with Gasteiger partial charge in [-0.1, -0.05) is 13.8 Å². The molecule has 128 valence electrons. The summed E-state index contributed by atoms with van der Waals surface area (Å²) in [6.07, 6.45) is 0.766. The number of likely N-dealkylation sites (N-methyl/N-ethyl adjacent to an activating group) is 1. The molecule has 0 saturated carbocycles. The van der Waals surface area contributed by atoms with E-state index < -0.39 is 10.0 Å². The maximum absolute atomic E-state index is 12.6. The highest BCUT2D eigenvalue weighted by atomic mass is 32.2. The van der Waals surface area contributed by atoms with Crippen LogP contribution in [0.25, 0.3) is 0 Å². The molecule has 1 unspecified atom stereocenters. The summed E-state index contributed by atoms with van der Waals surface area (Å²) in [4.78, 5) is 14.2. The Morgan fingerprint density at radius 2 is 1.74 bits per heavy atom. The van der Waals surface area contributed by atoms with Gasteiger partial charge in [0.25, 0.3) is 0 Å². The van der Waals surface area contributed by atoms with Crippen LogP contribution in [0.5, 0.6) is 0 Å². The van der Waals surface area contributed by atoms with Crippen molar-refractivity contribution in [2.75, 3.05) is 38.5 Å². The number of hydrogen-bond acceptors (Lipinski definition) is 4. The molecule has 1 saturated heterocycles. The summed E-state index contributed by atoms with van der Waals surface area (Å²) in [6.45, 7) is 6.30. The number of rotatable bonds is 5. The zero-order valence-corrected chi connectivity index (χ0v) is 14.8. The van der Waals surface area contributed by atoms with E-state index in [0.717, 1.165) is 19.5 Å².